The maximum atomic E-state index is 12.4. The second-order valence-electron chi connectivity index (χ2n) is 10.9. The number of likely N-dealkylation sites (tertiary alicyclic amines) is 1. The maximum Gasteiger partial charge on any atom is 0.407 e. The SMILES string of the molecule is CC(C)(C)OC(=O)NC1CCN(Cc2cc(-n3ccc(=O)[nH]c3=O)cc(C(C)(C)C)c2O)CC1. The number of aromatic nitrogens is 2. The number of hydrogen-bond donors (Lipinski definition) is 3. The Morgan fingerprint density at radius 1 is 1.15 bits per heavy atom. The van der Waals surface area contributed by atoms with Crippen LogP contribution in [0.3, 0.4) is 0 Å². The Bertz CT molecular complexity index is 1150. The number of aromatic amines is 1. The molecule has 0 bridgehead atoms. The van der Waals surface area contributed by atoms with Gasteiger partial charge in [0.1, 0.15) is 11.4 Å². The number of H-pyrrole nitrogens is 1. The summed E-state index contributed by atoms with van der Waals surface area (Å²) in [5.74, 6) is 0.211. The van der Waals surface area contributed by atoms with Gasteiger partial charge in [-0.15, -0.1) is 0 Å². The molecule has 1 fully saturated rings. The van der Waals surface area contributed by atoms with E-state index in [1.807, 2.05) is 41.5 Å². The van der Waals surface area contributed by atoms with Gasteiger partial charge >= 0.3 is 11.8 Å². The number of amides is 1. The number of benzene rings is 1. The molecular weight excluding hydrogens is 436 g/mol. The van der Waals surface area contributed by atoms with Crippen LogP contribution in [0, 0.1) is 0 Å². The molecule has 0 unspecified atom stereocenters. The van der Waals surface area contributed by atoms with Crippen LogP contribution in [0.15, 0.2) is 34.0 Å². The molecule has 0 spiro atoms. The van der Waals surface area contributed by atoms with Crippen LogP contribution < -0.4 is 16.6 Å². The Kier molecular flexibility index (Phi) is 7.26. The van der Waals surface area contributed by atoms with Crippen LogP contribution in [-0.4, -0.2) is 50.4 Å². The third kappa shape index (κ3) is 6.50. The molecule has 1 aromatic heterocycles. The second kappa shape index (κ2) is 9.66. The molecule has 3 rings (SSSR count). The Morgan fingerprint density at radius 3 is 2.35 bits per heavy atom. The van der Waals surface area contributed by atoms with E-state index in [1.165, 1.54) is 16.8 Å². The molecule has 186 valence electrons. The van der Waals surface area contributed by atoms with Crippen molar-refractivity contribution in [2.24, 2.45) is 0 Å². The summed E-state index contributed by atoms with van der Waals surface area (Å²) < 4.78 is 6.72. The van der Waals surface area contributed by atoms with Gasteiger partial charge in [0.05, 0.1) is 5.69 Å². The van der Waals surface area contributed by atoms with E-state index in [0.29, 0.717) is 17.8 Å². The van der Waals surface area contributed by atoms with Crippen LogP contribution in [0.2, 0.25) is 0 Å². The molecule has 9 heteroatoms. The van der Waals surface area contributed by atoms with Crippen molar-refractivity contribution in [2.45, 2.75) is 78.0 Å². The number of ether oxygens (including phenoxy) is 1. The molecule has 1 amide bonds. The normalized spacial score (nSPS) is 15.8. The van der Waals surface area contributed by atoms with Gasteiger partial charge in [0, 0.05) is 49.1 Å². The molecule has 2 aromatic rings. The van der Waals surface area contributed by atoms with Gasteiger partial charge in [-0.25, -0.2) is 9.59 Å². The zero-order valence-corrected chi connectivity index (χ0v) is 20.9. The molecular formula is C25H36N4O5. The number of carbonyl (C=O) groups is 1. The van der Waals surface area contributed by atoms with E-state index in [2.05, 4.69) is 15.2 Å². The average Bonchev–Trinajstić information content (AvgIpc) is 2.69. The molecule has 1 aliphatic rings. The highest BCUT2D eigenvalue weighted by atomic mass is 16.6. The summed E-state index contributed by atoms with van der Waals surface area (Å²) in [4.78, 5) is 40.4. The van der Waals surface area contributed by atoms with Crippen molar-refractivity contribution in [1.82, 2.24) is 19.8 Å². The van der Waals surface area contributed by atoms with Gasteiger partial charge in [-0.3, -0.25) is 19.2 Å². The number of phenols is 1. The molecule has 0 radical (unpaired) electrons. The third-order valence-electron chi connectivity index (χ3n) is 5.79. The minimum absolute atomic E-state index is 0.0379. The maximum absolute atomic E-state index is 12.4. The average molecular weight is 473 g/mol. The number of aromatic hydroxyl groups is 1. The van der Waals surface area contributed by atoms with Crippen molar-refractivity contribution in [3.63, 3.8) is 0 Å². The first kappa shape index (κ1) is 25.6. The van der Waals surface area contributed by atoms with Crippen LogP contribution in [0.4, 0.5) is 4.79 Å². The summed E-state index contributed by atoms with van der Waals surface area (Å²) in [6.07, 6.45) is 2.58. The van der Waals surface area contributed by atoms with Gasteiger partial charge < -0.3 is 15.2 Å². The van der Waals surface area contributed by atoms with Gasteiger partial charge in [-0.1, -0.05) is 20.8 Å². The standard InChI is InChI=1S/C25H36N4O5/c1-24(2,3)19-14-18(29-12-9-20(30)27-22(29)32)13-16(21(19)31)15-28-10-7-17(8-11-28)26-23(33)34-25(4,5)6/h9,12-14,17,31H,7-8,10-11,15H2,1-6H3,(H,26,33)(H,27,30,32). The van der Waals surface area contributed by atoms with Gasteiger partial charge in [-0.2, -0.15) is 0 Å². The Balaban J connectivity index is 1.79. The van der Waals surface area contributed by atoms with E-state index >= 15 is 0 Å². The minimum Gasteiger partial charge on any atom is -0.507 e. The highest BCUT2D eigenvalue weighted by molar-refractivity contribution is 5.68. The fraction of sp³-hybridized carbons (Fsp3) is 0.560. The number of rotatable bonds is 4. The van der Waals surface area contributed by atoms with Crippen LogP contribution >= 0.6 is 0 Å². The van der Waals surface area contributed by atoms with E-state index < -0.39 is 22.9 Å². The summed E-state index contributed by atoms with van der Waals surface area (Å²) in [5.41, 5.74) is 0.132. The van der Waals surface area contributed by atoms with E-state index in [4.69, 9.17) is 4.74 Å². The fourth-order valence-corrected chi connectivity index (χ4v) is 4.08. The molecule has 0 atom stereocenters. The summed E-state index contributed by atoms with van der Waals surface area (Å²) in [6.45, 7) is 13.5. The number of carbonyl (C=O) groups excluding carboxylic acids is 1. The van der Waals surface area contributed by atoms with Crippen LogP contribution in [0.1, 0.15) is 65.5 Å². The molecule has 1 saturated heterocycles. The number of alkyl carbamates (subject to hydrolysis) is 1. The second-order valence-corrected chi connectivity index (χ2v) is 10.9. The largest absolute Gasteiger partial charge is 0.507 e. The fourth-order valence-electron chi connectivity index (χ4n) is 4.08. The van der Waals surface area contributed by atoms with Gasteiger partial charge in [0.2, 0.25) is 0 Å². The first-order chi connectivity index (χ1) is 15.7. The van der Waals surface area contributed by atoms with Crippen molar-refractivity contribution in [3.8, 4) is 11.4 Å². The zero-order chi connectivity index (χ0) is 25.3. The van der Waals surface area contributed by atoms with Gasteiger partial charge in [0.15, 0.2) is 0 Å². The lowest BCUT2D eigenvalue weighted by atomic mass is 9.84. The minimum atomic E-state index is -0.536. The van der Waals surface area contributed by atoms with Crippen molar-refractivity contribution in [2.75, 3.05) is 13.1 Å². The topological polar surface area (TPSA) is 117 Å². The van der Waals surface area contributed by atoms with Crippen LogP contribution in [0.25, 0.3) is 5.69 Å². The third-order valence-corrected chi connectivity index (χ3v) is 5.79. The highest BCUT2D eigenvalue weighted by Crippen LogP contribution is 2.36. The Morgan fingerprint density at radius 2 is 1.79 bits per heavy atom. The molecule has 1 aliphatic heterocycles. The number of hydrogen-bond acceptors (Lipinski definition) is 6. The van der Waals surface area contributed by atoms with Crippen molar-refractivity contribution >= 4 is 6.09 Å². The number of phenolic OH excluding ortho intramolecular Hbond substituents is 1. The first-order valence-electron chi connectivity index (χ1n) is 11.6. The first-order valence-corrected chi connectivity index (χ1v) is 11.6. The number of nitrogens with one attached hydrogen (secondary N) is 2. The van der Waals surface area contributed by atoms with Gasteiger partial charge in [-0.05, 0) is 51.2 Å². The zero-order valence-electron chi connectivity index (χ0n) is 20.9. The van der Waals surface area contributed by atoms with Crippen molar-refractivity contribution in [1.29, 1.82) is 0 Å². The molecule has 1 aromatic carbocycles. The van der Waals surface area contributed by atoms with Crippen molar-refractivity contribution < 1.29 is 14.6 Å². The van der Waals surface area contributed by atoms with E-state index in [-0.39, 0.29) is 17.2 Å². The lowest BCUT2D eigenvalue weighted by Crippen LogP contribution is -2.45. The Labute approximate surface area is 199 Å². The monoisotopic (exact) mass is 472 g/mol. The Hall–Kier alpha value is -3.07. The molecule has 2 heterocycles. The summed E-state index contributed by atoms with van der Waals surface area (Å²) in [5, 5.41) is 14.0. The van der Waals surface area contributed by atoms with Gasteiger partial charge in [0.25, 0.3) is 5.56 Å². The van der Waals surface area contributed by atoms with E-state index in [9.17, 15) is 19.5 Å². The predicted octanol–water partition coefficient (Wildman–Crippen LogP) is 3.02. The lowest BCUT2D eigenvalue weighted by Gasteiger charge is -2.33. The van der Waals surface area contributed by atoms with E-state index in [0.717, 1.165) is 31.5 Å². The smallest absolute Gasteiger partial charge is 0.407 e. The lowest BCUT2D eigenvalue weighted by molar-refractivity contribution is 0.0477. The van der Waals surface area contributed by atoms with E-state index in [1.54, 1.807) is 12.1 Å². The summed E-state index contributed by atoms with van der Waals surface area (Å²) in [7, 11) is 0. The molecule has 9 nitrogen and oxygen atoms in total. The van der Waals surface area contributed by atoms with Crippen molar-refractivity contribution in [3.05, 3.63) is 56.4 Å². The number of nitrogens with zero attached hydrogens (tertiary/aromatic N) is 2. The molecule has 0 aliphatic carbocycles. The molecule has 0 saturated carbocycles. The molecule has 34 heavy (non-hydrogen) atoms. The molecule has 3 N–H and O–H groups in total. The summed E-state index contributed by atoms with van der Waals surface area (Å²) in [6, 6.07) is 4.91. The van der Waals surface area contributed by atoms with Crippen LogP contribution in [0.5, 0.6) is 5.75 Å². The highest BCUT2D eigenvalue weighted by Gasteiger charge is 2.26. The van der Waals surface area contributed by atoms with Crippen LogP contribution in [-0.2, 0) is 16.7 Å². The number of piperidine rings is 1. The quantitative estimate of drug-likeness (QED) is 0.630. The predicted molar refractivity (Wildman–Crippen MR) is 131 cm³/mol. The summed E-state index contributed by atoms with van der Waals surface area (Å²) >= 11 is 0.